The summed E-state index contributed by atoms with van der Waals surface area (Å²) in [7, 11) is 0. The molecule has 0 saturated heterocycles. The Labute approximate surface area is 135 Å². The van der Waals surface area contributed by atoms with Gasteiger partial charge in [-0.05, 0) is 25.0 Å². The molecular weight excluding hydrogens is 352 g/mol. The van der Waals surface area contributed by atoms with Crippen molar-refractivity contribution in [2.45, 2.75) is 25.4 Å². The molecule has 6 heteroatoms. The van der Waals surface area contributed by atoms with Crippen LogP contribution in [0.4, 0.5) is 5.69 Å². The highest BCUT2D eigenvalue weighted by Gasteiger charge is 2.26. The maximum Gasteiger partial charge on any atom is 0.263 e. The Morgan fingerprint density at radius 2 is 2.29 bits per heavy atom. The average Bonchev–Trinajstić information content (AvgIpc) is 3.01. The minimum Gasteiger partial charge on any atom is -0.397 e. The van der Waals surface area contributed by atoms with E-state index in [2.05, 4.69) is 21.2 Å². The van der Waals surface area contributed by atoms with Gasteiger partial charge in [-0.1, -0.05) is 28.4 Å². The number of carbonyl (C=O) groups is 1. The number of thiophene rings is 1. The van der Waals surface area contributed by atoms with E-state index in [4.69, 9.17) is 5.73 Å². The fourth-order valence-electron chi connectivity index (χ4n) is 2.86. The lowest BCUT2D eigenvalue weighted by Crippen LogP contribution is -2.32. The SMILES string of the molecule is Nc1c(C(=O)NCC2CCCC2O)sc2cccc(Br)c12. The van der Waals surface area contributed by atoms with E-state index in [0.29, 0.717) is 17.1 Å². The van der Waals surface area contributed by atoms with Gasteiger partial charge >= 0.3 is 0 Å². The molecule has 0 bridgehead atoms. The molecule has 1 heterocycles. The van der Waals surface area contributed by atoms with Crippen molar-refractivity contribution in [3.05, 3.63) is 27.5 Å². The number of aliphatic hydroxyl groups is 1. The van der Waals surface area contributed by atoms with Gasteiger partial charge in [0.1, 0.15) is 4.88 Å². The molecule has 1 aromatic heterocycles. The number of nitrogens with two attached hydrogens (primary N) is 1. The minimum absolute atomic E-state index is 0.153. The summed E-state index contributed by atoms with van der Waals surface area (Å²) in [5.41, 5.74) is 6.64. The molecule has 1 aliphatic rings. The van der Waals surface area contributed by atoms with Crippen LogP contribution < -0.4 is 11.1 Å². The van der Waals surface area contributed by atoms with E-state index in [1.165, 1.54) is 11.3 Å². The van der Waals surface area contributed by atoms with Crippen molar-refractivity contribution in [3.8, 4) is 0 Å². The van der Waals surface area contributed by atoms with Crippen LogP contribution in [-0.4, -0.2) is 23.7 Å². The second-order valence-corrected chi connectivity index (χ2v) is 7.33. The molecule has 21 heavy (non-hydrogen) atoms. The highest BCUT2D eigenvalue weighted by atomic mass is 79.9. The molecule has 0 radical (unpaired) electrons. The summed E-state index contributed by atoms with van der Waals surface area (Å²) in [6.45, 7) is 0.509. The van der Waals surface area contributed by atoms with Crippen LogP contribution in [0.25, 0.3) is 10.1 Å². The molecule has 2 aromatic rings. The smallest absolute Gasteiger partial charge is 0.263 e. The summed E-state index contributed by atoms with van der Waals surface area (Å²) in [6, 6.07) is 5.81. The molecule has 4 nitrogen and oxygen atoms in total. The molecule has 1 aliphatic carbocycles. The van der Waals surface area contributed by atoms with E-state index in [0.717, 1.165) is 33.8 Å². The first kappa shape index (κ1) is 14.8. The Morgan fingerprint density at radius 3 is 2.95 bits per heavy atom. The number of carbonyl (C=O) groups excluding carboxylic acids is 1. The molecule has 1 saturated carbocycles. The summed E-state index contributed by atoms with van der Waals surface area (Å²) in [5.74, 6) is 0.0102. The summed E-state index contributed by atoms with van der Waals surface area (Å²) >= 11 is 4.87. The lowest BCUT2D eigenvalue weighted by Gasteiger charge is -2.14. The molecule has 3 rings (SSSR count). The number of aliphatic hydroxyl groups excluding tert-OH is 1. The molecule has 1 fully saturated rings. The van der Waals surface area contributed by atoms with E-state index < -0.39 is 0 Å². The zero-order chi connectivity index (χ0) is 15.0. The molecule has 1 amide bonds. The Bertz CT molecular complexity index is 686. The van der Waals surface area contributed by atoms with Crippen LogP contribution >= 0.6 is 27.3 Å². The lowest BCUT2D eigenvalue weighted by atomic mass is 10.1. The number of rotatable bonds is 3. The van der Waals surface area contributed by atoms with Crippen LogP contribution in [-0.2, 0) is 0 Å². The number of benzene rings is 1. The van der Waals surface area contributed by atoms with Gasteiger partial charge in [-0.3, -0.25) is 4.79 Å². The van der Waals surface area contributed by atoms with Gasteiger partial charge in [-0.2, -0.15) is 0 Å². The van der Waals surface area contributed by atoms with Crippen molar-refractivity contribution < 1.29 is 9.90 Å². The lowest BCUT2D eigenvalue weighted by molar-refractivity contribution is 0.0921. The van der Waals surface area contributed by atoms with Gasteiger partial charge in [0.15, 0.2) is 0 Å². The highest BCUT2D eigenvalue weighted by Crippen LogP contribution is 2.38. The van der Waals surface area contributed by atoms with Crippen LogP contribution in [0.15, 0.2) is 22.7 Å². The van der Waals surface area contributed by atoms with Gasteiger partial charge < -0.3 is 16.2 Å². The van der Waals surface area contributed by atoms with Crippen LogP contribution in [0.2, 0.25) is 0 Å². The first-order valence-corrected chi connectivity index (χ1v) is 8.61. The standard InChI is InChI=1S/C15H17BrN2O2S/c16-9-4-2-6-11-12(9)13(17)14(21-11)15(20)18-7-8-3-1-5-10(8)19/h2,4,6,8,10,19H,1,3,5,7,17H2,(H,18,20). The van der Waals surface area contributed by atoms with Gasteiger partial charge in [0, 0.05) is 27.0 Å². The second kappa shape index (κ2) is 5.94. The topological polar surface area (TPSA) is 75.4 Å². The zero-order valence-corrected chi connectivity index (χ0v) is 13.8. The van der Waals surface area contributed by atoms with Crippen LogP contribution in [0, 0.1) is 5.92 Å². The first-order valence-electron chi connectivity index (χ1n) is 7.00. The van der Waals surface area contributed by atoms with E-state index >= 15 is 0 Å². The normalized spacial score (nSPS) is 21.8. The summed E-state index contributed by atoms with van der Waals surface area (Å²) in [6.07, 6.45) is 2.53. The fraction of sp³-hybridized carbons (Fsp3) is 0.400. The predicted molar refractivity (Wildman–Crippen MR) is 89.6 cm³/mol. The van der Waals surface area contributed by atoms with Crippen molar-refractivity contribution in [3.63, 3.8) is 0 Å². The predicted octanol–water partition coefficient (Wildman–Crippen LogP) is 3.14. The van der Waals surface area contributed by atoms with Gasteiger partial charge in [0.25, 0.3) is 5.91 Å². The molecular formula is C15H17BrN2O2S. The first-order chi connectivity index (χ1) is 10.1. The third kappa shape index (κ3) is 2.80. The average molecular weight is 369 g/mol. The monoisotopic (exact) mass is 368 g/mol. The van der Waals surface area contributed by atoms with Crippen molar-refractivity contribution >= 4 is 48.9 Å². The fourth-order valence-corrected chi connectivity index (χ4v) is 4.63. The molecule has 1 aromatic carbocycles. The van der Waals surface area contributed by atoms with E-state index in [1.807, 2.05) is 18.2 Å². The third-order valence-corrected chi connectivity index (χ3v) is 5.88. The second-order valence-electron chi connectivity index (χ2n) is 5.43. The molecule has 4 N–H and O–H groups in total. The minimum atomic E-state index is -0.292. The van der Waals surface area contributed by atoms with Gasteiger partial charge in [0.05, 0.1) is 11.8 Å². The van der Waals surface area contributed by atoms with Crippen molar-refractivity contribution in [2.24, 2.45) is 5.92 Å². The number of hydrogen-bond donors (Lipinski definition) is 3. The van der Waals surface area contributed by atoms with Crippen molar-refractivity contribution in [1.82, 2.24) is 5.32 Å². The largest absolute Gasteiger partial charge is 0.397 e. The number of nitrogens with one attached hydrogen (secondary N) is 1. The summed E-state index contributed by atoms with van der Waals surface area (Å²) in [4.78, 5) is 12.9. The Balaban J connectivity index is 1.78. The number of nitrogen functional groups attached to an aromatic ring is 1. The molecule has 112 valence electrons. The maximum atomic E-state index is 12.3. The van der Waals surface area contributed by atoms with E-state index in [-0.39, 0.29) is 17.9 Å². The Kier molecular flexibility index (Phi) is 4.19. The molecule has 0 spiro atoms. The zero-order valence-electron chi connectivity index (χ0n) is 11.4. The number of hydrogen-bond acceptors (Lipinski definition) is 4. The number of anilines is 1. The highest BCUT2D eigenvalue weighted by molar-refractivity contribution is 9.10. The van der Waals surface area contributed by atoms with Crippen molar-refractivity contribution in [2.75, 3.05) is 12.3 Å². The Hall–Kier alpha value is -1.11. The maximum absolute atomic E-state index is 12.3. The van der Waals surface area contributed by atoms with E-state index in [1.54, 1.807) is 0 Å². The van der Waals surface area contributed by atoms with Gasteiger partial charge in [0.2, 0.25) is 0 Å². The van der Waals surface area contributed by atoms with Crippen LogP contribution in [0.1, 0.15) is 28.9 Å². The van der Waals surface area contributed by atoms with Crippen molar-refractivity contribution in [1.29, 1.82) is 0 Å². The molecule has 0 aliphatic heterocycles. The van der Waals surface area contributed by atoms with Crippen LogP contribution in [0.3, 0.4) is 0 Å². The van der Waals surface area contributed by atoms with Crippen LogP contribution in [0.5, 0.6) is 0 Å². The van der Waals surface area contributed by atoms with Gasteiger partial charge in [-0.15, -0.1) is 11.3 Å². The number of amides is 1. The molecule has 2 atom stereocenters. The number of halogens is 1. The van der Waals surface area contributed by atoms with E-state index in [9.17, 15) is 9.90 Å². The molecule has 2 unspecified atom stereocenters. The number of fused-ring (bicyclic) bond motifs is 1. The van der Waals surface area contributed by atoms with Gasteiger partial charge in [-0.25, -0.2) is 0 Å². The summed E-state index contributed by atoms with van der Waals surface area (Å²) in [5, 5.41) is 13.6. The Morgan fingerprint density at radius 1 is 1.48 bits per heavy atom. The third-order valence-electron chi connectivity index (χ3n) is 4.05. The summed E-state index contributed by atoms with van der Waals surface area (Å²) < 4.78 is 1.90. The quantitative estimate of drug-likeness (QED) is 0.778.